The van der Waals surface area contributed by atoms with Gasteiger partial charge in [0.2, 0.25) is 0 Å². The lowest BCUT2D eigenvalue weighted by molar-refractivity contribution is 0.109. The van der Waals surface area contributed by atoms with Crippen LogP contribution < -0.4 is 5.73 Å². The average Bonchev–Trinajstić information content (AvgIpc) is 2.57. The lowest BCUT2D eigenvalue weighted by Crippen LogP contribution is -2.43. The molecule has 4 nitrogen and oxygen atoms in total. The topological polar surface area (TPSA) is 61.8 Å². The van der Waals surface area contributed by atoms with Crippen molar-refractivity contribution in [2.75, 3.05) is 13.1 Å². The summed E-state index contributed by atoms with van der Waals surface area (Å²) in [5, 5.41) is 9.58. The van der Waals surface area contributed by atoms with Crippen molar-refractivity contribution >= 4 is 11.6 Å². The van der Waals surface area contributed by atoms with Crippen molar-refractivity contribution in [1.82, 2.24) is 4.90 Å². The fraction of sp³-hybridized carbons (Fsp3) is 0.278. The normalized spacial score (nSPS) is 16.6. The van der Waals surface area contributed by atoms with Gasteiger partial charge in [-0.05, 0) is 36.6 Å². The number of rotatable bonds is 2. The Labute approximate surface area is 135 Å². The Morgan fingerprint density at radius 2 is 1.74 bits per heavy atom. The maximum absolute atomic E-state index is 13.1. The number of aliphatic hydroxyl groups is 1. The SMILES string of the molecule is NC(=Nc1ccccc1-c1ccc(F)cc1)N1CCC(O)CC1. The molecule has 1 heterocycles. The number of likely N-dealkylation sites (tertiary alicyclic amines) is 1. The van der Waals surface area contributed by atoms with E-state index in [4.69, 9.17) is 5.73 Å². The second kappa shape index (κ2) is 6.79. The van der Waals surface area contributed by atoms with E-state index in [1.54, 1.807) is 12.1 Å². The quantitative estimate of drug-likeness (QED) is 0.662. The third kappa shape index (κ3) is 3.68. The fourth-order valence-electron chi connectivity index (χ4n) is 2.73. The molecule has 23 heavy (non-hydrogen) atoms. The van der Waals surface area contributed by atoms with Gasteiger partial charge in [-0.15, -0.1) is 0 Å². The van der Waals surface area contributed by atoms with Crippen LogP contribution in [0, 0.1) is 5.82 Å². The number of nitrogens with two attached hydrogens (primary N) is 1. The molecule has 0 aliphatic carbocycles. The number of aliphatic hydroxyl groups excluding tert-OH is 1. The molecule has 0 spiro atoms. The molecule has 0 saturated carbocycles. The van der Waals surface area contributed by atoms with Gasteiger partial charge in [0.05, 0.1) is 11.8 Å². The highest BCUT2D eigenvalue weighted by molar-refractivity contribution is 5.85. The zero-order chi connectivity index (χ0) is 16.2. The number of halogens is 1. The van der Waals surface area contributed by atoms with E-state index in [9.17, 15) is 9.50 Å². The molecule has 2 aromatic rings. The van der Waals surface area contributed by atoms with Crippen LogP contribution in [0.25, 0.3) is 11.1 Å². The first kappa shape index (κ1) is 15.5. The summed E-state index contributed by atoms with van der Waals surface area (Å²) in [5.74, 6) is 0.188. The number of hydrogen-bond donors (Lipinski definition) is 2. The predicted molar refractivity (Wildman–Crippen MR) is 89.9 cm³/mol. The van der Waals surface area contributed by atoms with Crippen molar-refractivity contribution in [3.8, 4) is 11.1 Å². The number of para-hydroxylation sites is 1. The second-order valence-corrected chi connectivity index (χ2v) is 5.71. The Kier molecular flexibility index (Phi) is 4.57. The smallest absolute Gasteiger partial charge is 0.196 e. The minimum Gasteiger partial charge on any atom is -0.393 e. The number of hydrogen-bond acceptors (Lipinski definition) is 2. The molecule has 0 unspecified atom stereocenters. The molecule has 0 bridgehead atoms. The van der Waals surface area contributed by atoms with Crippen molar-refractivity contribution in [3.63, 3.8) is 0 Å². The Morgan fingerprint density at radius 1 is 1.09 bits per heavy atom. The van der Waals surface area contributed by atoms with Crippen molar-refractivity contribution in [2.24, 2.45) is 10.7 Å². The van der Waals surface area contributed by atoms with E-state index in [0.29, 0.717) is 31.9 Å². The van der Waals surface area contributed by atoms with Crippen LogP contribution in [0.2, 0.25) is 0 Å². The van der Waals surface area contributed by atoms with Crippen molar-refractivity contribution in [2.45, 2.75) is 18.9 Å². The Hall–Kier alpha value is -2.40. The molecule has 120 valence electrons. The molecule has 1 aliphatic rings. The molecular weight excluding hydrogens is 293 g/mol. The third-order valence-corrected chi connectivity index (χ3v) is 4.08. The molecule has 1 aliphatic heterocycles. The van der Waals surface area contributed by atoms with Crippen LogP contribution in [0.1, 0.15) is 12.8 Å². The summed E-state index contributed by atoms with van der Waals surface area (Å²) in [6.07, 6.45) is 1.16. The van der Waals surface area contributed by atoms with E-state index in [0.717, 1.165) is 16.8 Å². The van der Waals surface area contributed by atoms with Crippen LogP contribution in [-0.2, 0) is 0 Å². The van der Waals surface area contributed by atoms with E-state index in [-0.39, 0.29) is 11.9 Å². The van der Waals surface area contributed by atoms with E-state index < -0.39 is 0 Å². The van der Waals surface area contributed by atoms with Crippen LogP contribution in [0.5, 0.6) is 0 Å². The Bertz CT molecular complexity index is 692. The van der Waals surface area contributed by atoms with Gasteiger partial charge in [-0.3, -0.25) is 0 Å². The average molecular weight is 313 g/mol. The third-order valence-electron chi connectivity index (χ3n) is 4.08. The van der Waals surface area contributed by atoms with Gasteiger partial charge in [0.15, 0.2) is 5.96 Å². The summed E-state index contributed by atoms with van der Waals surface area (Å²) in [4.78, 5) is 6.53. The van der Waals surface area contributed by atoms with Gasteiger partial charge >= 0.3 is 0 Å². The van der Waals surface area contributed by atoms with E-state index in [1.807, 2.05) is 29.2 Å². The summed E-state index contributed by atoms with van der Waals surface area (Å²) in [6, 6.07) is 14.0. The molecule has 1 fully saturated rings. The monoisotopic (exact) mass is 313 g/mol. The lowest BCUT2D eigenvalue weighted by atomic mass is 10.0. The van der Waals surface area contributed by atoms with Crippen LogP contribution >= 0.6 is 0 Å². The maximum atomic E-state index is 13.1. The Balaban J connectivity index is 1.88. The zero-order valence-corrected chi connectivity index (χ0v) is 12.8. The molecule has 3 N–H and O–H groups in total. The minimum absolute atomic E-state index is 0.245. The number of aliphatic imine (C=N–C) groups is 1. The van der Waals surface area contributed by atoms with E-state index >= 15 is 0 Å². The maximum Gasteiger partial charge on any atom is 0.196 e. The first-order valence-electron chi connectivity index (χ1n) is 7.75. The molecule has 0 amide bonds. The van der Waals surface area contributed by atoms with Crippen LogP contribution in [0.3, 0.4) is 0 Å². The fourth-order valence-corrected chi connectivity index (χ4v) is 2.73. The zero-order valence-electron chi connectivity index (χ0n) is 12.8. The molecule has 1 saturated heterocycles. The van der Waals surface area contributed by atoms with Gasteiger partial charge in [-0.1, -0.05) is 30.3 Å². The summed E-state index contributed by atoms with van der Waals surface area (Å²) in [5.41, 5.74) is 8.69. The summed E-state index contributed by atoms with van der Waals surface area (Å²) in [6.45, 7) is 1.41. The van der Waals surface area contributed by atoms with Gasteiger partial charge in [0, 0.05) is 18.7 Å². The van der Waals surface area contributed by atoms with Gasteiger partial charge < -0.3 is 15.7 Å². The van der Waals surface area contributed by atoms with Crippen LogP contribution in [0.15, 0.2) is 53.5 Å². The van der Waals surface area contributed by atoms with Gasteiger partial charge in [0.25, 0.3) is 0 Å². The van der Waals surface area contributed by atoms with E-state index in [1.165, 1.54) is 12.1 Å². The molecule has 0 radical (unpaired) electrons. The number of nitrogens with zero attached hydrogens (tertiary/aromatic N) is 2. The lowest BCUT2D eigenvalue weighted by Gasteiger charge is -2.30. The summed E-state index contributed by atoms with van der Waals surface area (Å²) in [7, 11) is 0. The van der Waals surface area contributed by atoms with Crippen molar-refractivity contribution in [3.05, 3.63) is 54.3 Å². The molecule has 3 rings (SSSR count). The highest BCUT2D eigenvalue weighted by Gasteiger charge is 2.18. The van der Waals surface area contributed by atoms with Gasteiger partial charge in [-0.2, -0.15) is 0 Å². The molecule has 5 heteroatoms. The van der Waals surface area contributed by atoms with Crippen LogP contribution in [0.4, 0.5) is 10.1 Å². The summed E-state index contributed by atoms with van der Waals surface area (Å²) < 4.78 is 13.1. The number of piperidine rings is 1. The van der Waals surface area contributed by atoms with Gasteiger partial charge in [-0.25, -0.2) is 9.38 Å². The predicted octanol–water partition coefficient (Wildman–Crippen LogP) is 2.90. The van der Waals surface area contributed by atoms with Crippen LogP contribution in [-0.4, -0.2) is 35.2 Å². The van der Waals surface area contributed by atoms with Gasteiger partial charge in [0.1, 0.15) is 5.82 Å². The number of benzene rings is 2. The molecule has 2 aromatic carbocycles. The first-order valence-corrected chi connectivity index (χ1v) is 7.75. The molecule has 0 aromatic heterocycles. The highest BCUT2D eigenvalue weighted by Crippen LogP contribution is 2.30. The molecular formula is C18H20FN3O. The van der Waals surface area contributed by atoms with Crippen molar-refractivity contribution in [1.29, 1.82) is 0 Å². The van der Waals surface area contributed by atoms with E-state index in [2.05, 4.69) is 4.99 Å². The highest BCUT2D eigenvalue weighted by atomic mass is 19.1. The largest absolute Gasteiger partial charge is 0.393 e. The molecule has 0 atom stereocenters. The Morgan fingerprint density at radius 3 is 2.43 bits per heavy atom. The number of guanidine groups is 1. The first-order chi connectivity index (χ1) is 11.1. The minimum atomic E-state index is -0.263. The van der Waals surface area contributed by atoms with Crippen molar-refractivity contribution < 1.29 is 9.50 Å². The summed E-state index contributed by atoms with van der Waals surface area (Å²) >= 11 is 0. The standard InChI is InChI=1S/C18H20FN3O/c19-14-7-5-13(6-8-14)16-3-1-2-4-17(16)21-18(20)22-11-9-15(23)10-12-22/h1-8,15,23H,9-12H2,(H2,20,21). The second-order valence-electron chi connectivity index (χ2n) is 5.71.